The molecular weight excluding hydrogens is 312 g/mol. The van der Waals surface area contributed by atoms with E-state index in [1.54, 1.807) is 12.1 Å². The number of halogens is 2. The number of rotatable bonds is 3. The van der Waals surface area contributed by atoms with Crippen molar-refractivity contribution in [2.75, 3.05) is 36.0 Å². The summed E-state index contributed by atoms with van der Waals surface area (Å²) in [6, 6.07) is 11.0. The summed E-state index contributed by atoms with van der Waals surface area (Å²) < 4.78 is 25.6. The number of anilines is 2. The average Bonchev–Trinajstić information content (AvgIpc) is 2.88. The van der Waals surface area contributed by atoms with Gasteiger partial charge in [-0.3, -0.25) is 0 Å². The first-order chi connectivity index (χ1) is 11.7. The van der Waals surface area contributed by atoms with Crippen LogP contribution in [0.5, 0.6) is 0 Å². The van der Waals surface area contributed by atoms with Crippen LogP contribution in [-0.4, -0.2) is 36.1 Å². The van der Waals surface area contributed by atoms with Gasteiger partial charge in [0, 0.05) is 37.9 Å². The molecule has 124 valence electrons. The molecule has 5 nitrogen and oxygen atoms in total. The first-order valence-electron chi connectivity index (χ1n) is 7.77. The van der Waals surface area contributed by atoms with Crippen molar-refractivity contribution >= 4 is 11.5 Å². The molecule has 1 fully saturated rings. The first kappa shape index (κ1) is 16.1. The predicted molar refractivity (Wildman–Crippen MR) is 87.2 cm³/mol. The molecule has 0 atom stereocenters. The maximum atomic E-state index is 12.8. The Morgan fingerprint density at radius 1 is 1.00 bits per heavy atom. The van der Waals surface area contributed by atoms with Gasteiger partial charge in [0.1, 0.15) is 17.8 Å². The van der Waals surface area contributed by atoms with E-state index in [1.165, 1.54) is 12.4 Å². The van der Waals surface area contributed by atoms with Crippen LogP contribution in [0.2, 0.25) is 0 Å². The monoisotopic (exact) mass is 329 g/mol. The minimum atomic E-state index is -2.59. The van der Waals surface area contributed by atoms with Gasteiger partial charge in [-0.1, -0.05) is 0 Å². The second-order valence-corrected chi connectivity index (χ2v) is 5.59. The maximum absolute atomic E-state index is 12.8. The molecule has 2 aromatic rings. The average molecular weight is 329 g/mol. The van der Waals surface area contributed by atoms with E-state index < -0.39 is 6.43 Å². The van der Waals surface area contributed by atoms with Crippen LogP contribution >= 0.6 is 0 Å². The molecule has 1 aliphatic heterocycles. The summed E-state index contributed by atoms with van der Waals surface area (Å²) in [7, 11) is 0. The second-order valence-electron chi connectivity index (χ2n) is 5.59. The van der Waals surface area contributed by atoms with Crippen LogP contribution in [0, 0.1) is 11.3 Å². The summed E-state index contributed by atoms with van der Waals surface area (Å²) in [5.74, 6) is 0.543. The van der Waals surface area contributed by atoms with Crippen molar-refractivity contribution in [2.45, 2.75) is 12.8 Å². The summed E-state index contributed by atoms with van der Waals surface area (Å²) in [6.45, 7) is 3.08. The van der Waals surface area contributed by atoms with Crippen LogP contribution < -0.4 is 9.80 Å². The molecule has 1 aromatic carbocycles. The fourth-order valence-corrected chi connectivity index (χ4v) is 2.81. The number of nitrogens with zero attached hydrogens (tertiary/aromatic N) is 5. The Kier molecular flexibility index (Phi) is 4.85. The standard InChI is InChI=1S/C17H17F2N5/c18-17(19)15-10-16(22-12-21-15)24-7-1-6-23(8-9-24)14-4-2-13(11-20)3-5-14/h2-5,10,12,17H,1,6-9H2. The highest BCUT2D eigenvalue weighted by Gasteiger charge is 2.18. The maximum Gasteiger partial charge on any atom is 0.280 e. The lowest BCUT2D eigenvalue weighted by molar-refractivity contribution is 0.146. The van der Waals surface area contributed by atoms with Gasteiger partial charge in [-0.2, -0.15) is 5.26 Å². The zero-order valence-corrected chi connectivity index (χ0v) is 13.1. The fourth-order valence-electron chi connectivity index (χ4n) is 2.81. The Labute approximate surface area is 139 Å². The third kappa shape index (κ3) is 3.59. The van der Waals surface area contributed by atoms with Crippen LogP contribution in [0.25, 0.3) is 0 Å². The summed E-state index contributed by atoms with van der Waals surface area (Å²) in [5.41, 5.74) is 1.45. The Balaban J connectivity index is 1.70. The molecule has 0 radical (unpaired) electrons. The summed E-state index contributed by atoms with van der Waals surface area (Å²) >= 11 is 0. The van der Waals surface area contributed by atoms with E-state index in [0.29, 0.717) is 17.9 Å². The molecule has 2 heterocycles. The summed E-state index contributed by atoms with van der Waals surface area (Å²) in [4.78, 5) is 12.0. The van der Waals surface area contributed by atoms with Crippen LogP contribution in [0.3, 0.4) is 0 Å². The lowest BCUT2D eigenvalue weighted by atomic mass is 10.2. The highest BCUT2D eigenvalue weighted by atomic mass is 19.3. The van der Waals surface area contributed by atoms with E-state index in [1.807, 2.05) is 17.0 Å². The van der Waals surface area contributed by atoms with Gasteiger partial charge in [0.25, 0.3) is 6.43 Å². The molecule has 0 amide bonds. The Morgan fingerprint density at radius 3 is 2.42 bits per heavy atom. The molecule has 0 unspecified atom stereocenters. The van der Waals surface area contributed by atoms with Crippen molar-refractivity contribution in [3.8, 4) is 6.07 Å². The lowest BCUT2D eigenvalue weighted by Gasteiger charge is -2.24. The molecule has 1 saturated heterocycles. The molecule has 1 aliphatic rings. The molecule has 0 N–H and O–H groups in total. The van der Waals surface area contributed by atoms with E-state index >= 15 is 0 Å². The number of hydrogen-bond acceptors (Lipinski definition) is 5. The SMILES string of the molecule is N#Cc1ccc(N2CCCN(c3cc(C(F)F)ncn3)CC2)cc1. The van der Waals surface area contributed by atoms with Crippen molar-refractivity contribution in [1.29, 1.82) is 5.26 Å². The molecule has 0 spiro atoms. The normalized spacial score (nSPS) is 15.2. The molecule has 24 heavy (non-hydrogen) atoms. The molecule has 0 saturated carbocycles. The largest absolute Gasteiger partial charge is 0.370 e. The smallest absolute Gasteiger partial charge is 0.280 e. The zero-order valence-electron chi connectivity index (χ0n) is 13.1. The van der Waals surface area contributed by atoms with Crippen molar-refractivity contribution < 1.29 is 8.78 Å². The molecule has 0 aliphatic carbocycles. The van der Waals surface area contributed by atoms with E-state index in [0.717, 1.165) is 31.7 Å². The lowest BCUT2D eigenvalue weighted by Crippen LogP contribution is -2.31. The third-order valence-electron chi connectivity index (χ3n) is 4.08. The predicted octanol–water partition coefficient (Wildman–Crippen LogP) is 3.00. The van der Waals surface area contributed by atoms with Crippen molar-refractivity contribution in [3.63, 3.8) is 0 Å². The minimum absolute atomic E-state index is 0.242. The van der Waals surface area contributed by atoms with Crippen molar-refractivity contribution in [2.24, 2.45) is 0 Å². The van der Waals surface area contributed by atoms with Gasteiger partial charge < -0.3 is 9.80 Å². The first-order valence-corrected chi connectivity index (χ1v) is 7.77. The van der Waals surface area contributed by atoms with Gasteiger partial charge >= 0.3 is 0 Å². The Morgan fingerprint density at radius 2 is 1.71 bits per heavy atom. The number of nitriles is 1. The number of benzene rings is 1. The number of aromatic nitrogens is 2. The summed E-state index contributed by atoms with van der Waals surface area (Å²) in [6.07, 6.45) is -0.498. The van der Waals surface area contributed by atoms with Crippen LogP contribution in [0.15, 0.2) is 36.7 Å². The van der Waals surface area contributed by atoms with Crippen LogP contribution in [0.1, 0.15) is 24.1 Å². The van der Waals surface area contributed by atoms with Gasteiger partial charge in [0.2, 0.25) is 0 Å². The topological polar surface area (TPSA) is 56.1 Å². The van der Waals surface area contributed by atoms with Crippen molar-refractivity contribution in [3.05, 3.63) is 47.9 Å². The zero-order chi connectivity index (χ0) is 16.9. The Hall–Kier alpha value is -2.75. The van der Waals surface area contributed by atoms with E-state index in [4.69, 9.17) is 5.26 Å². The highest BCUT2D eigenvalue weighted by molar-refractivity contribution is 5.50. The molecule has 3 rings (SSSR count). The summed E-state index contributed by atoms with van der Waals surface area (Å²) in [5, 5.41) is 8.87. The van der Waals surface area contributed by atoms with Crippen LogP contribution in [0.4, 0.5) is 20.3 Å². The second kappa shape index (κ2) is 7.21. The highest BCUT2D eigenvalue weighted by Crippen LogP contribution is 2.22. The van der Waals surface area contributed by atoms with E-state index in [-0.39, 0.29) is 5.69 Å². The van der Waals surface area contributed by atoms with Crippen LogP contribution in [-0.2, 0) is 0 Å². The van der Waals surface area contributed by atoms with Gasteiger partial charge in [0.05, 0.1) is 11.6 Å². The molecular formula is C17H17F2N5. The fraction of sp³-hybridized carbons (Fsp3) is 0.353. The third-order valence-corrected chi connectivity index (χ3v) is 4.08. The molecule has 0 bridgehead atoms. The number of alkyl halides is 2. The van der Waals surface area contributed by atoms with Gasteiger partial charge in [-0.15, -0.1) is 0 Å². The van der Waals surface area contributed by atoms with Gasteiger partial charge in [0.15, 0.2) is 0 Å². The van der Waals surface area contributed by atoms with Gasteiger partial charge in [-0.25, -0.2) is 18.7 Å². The van der Waals surface area contributed by atoms with E-state index in [9.17, 15) is 8.78 Å². The molecule has 1 aromatic heterocycles. The number of hydrogen-bond donors (Lipinski definition) is 0. The van der Waals surface area contributed by atoms with E-state index in [2.05, 4.69) is 20.9 Å². The van der Waals surface area contributed by atoms with Crippen molar-refractivity contribution in [1.82, 2.24) is 9.97 Å². The molecule has 7 heteroatoms. The van der Waals surface area contributed by atoms with Gasteiger partial charge in [-0.05, 0) is 30.7 Å². The minimum Gasteiger partial charge on any atom is -0.370 e. The Bertz CT molecular complexity index is 727. The quantitative estimate of drug-likeness (QED) is 0.866.